The molecule has 30 heavy (non-hydrogen) atoms. The molecule has 0 aromatic rings. The highest BCUT2D eigenvalue weighted by Crippen LogP contribution is 2.11. The number of Topliss-reactive ketones (excluding diaryl/α,β-unsaturated/α-hetero) is 2. The average Bonchev–Trinajstić information content (AvgIpc) is 2.71. The van der Waals surface area contributed by atoms with Gasteiger partial charge in [0.2, 0.25) is 5.91 Å². The summed E-state index contributed by atoms with van der Waals surface area (Å²) in [5.41, 5.74) is 0. The Labute approximate surface area is 181 Å². The number of amides is 1. The van der Waals surface area contributed by atoms with Crippen molar-refractivity contribution in [2.75, 3.05) is 59.4 Å². The number of nitrogens with one attached hydrogen (secondary N) is 1. The van der Waals surface area contributed by atoms with Crippen LogP contribution in [0.4, 0.5) is 0 Å². The first kappa shape index (κ1) is 28.6. The summed E-state index contributed by atoms with van der Waals surface area (Å²) in [4.78, 5) is 34.4. The number of carbonyl (C=O) groups is 3. The van der Waals surface area contributed by atoms with Crippen LogP contribution in [0.3, 0.4) is 0 Å². The van der Waals surface area contributed by atoms with E-state index in [2.05, 4.69) is 5.32 Å². The lowest BCUT2D eigenvalue weighted by molar-refractivity contribution is -0.127. The lowest BCUT2D eigenvalue weighted by Crippen LogP contribution is -2.31. The van der Waals surface area contributed by atoms with E-state index in [4.69, 9.17) is 18.9 Å². The fourth-order valence-electron chi connectivity index (χ4n) is 2.47. The van der Waals surface area contributed by atoms with E-state index in [1.54, 1.807) is 6.92 Å². The van der Waals surface area contributed by atoms with Crippen molar-refractivity contribution in [1.82, 2.24) is 5.32 Å². The normalized spacial score (nSPS) is 12.0. The highest BCUT2D eigenvalue weighted by atomic mass is 16.5. The van der Waals surface area contributed by atoms with E-state index < -0.39 is 0 Å². The Morgan fingerprint density at radius 2 is 1.43 bits per heavy atom. The molecule has 0 fully saturated rings. The third-order valence-electron chi connectivity index (χ3n) is 4.44. The molecule has 0 unspecified atom stereocenters. The Bertz CT molecular complexity index is 457. The van der Waals surface area contributed by atoms with Gasteiger partial charge in [0.05, 0.1) is 33.0 Å². The van der Waals surface area contributed by atoms with Crippen molar-refractivity contribution < 1.29 is 33.3 Å². The van der Waals surface area contributed by atoms with Gasteiger partial charge in [0, 0.05) is 25.5 Å². The molecule has 0 radical (unpaired) electrons. The molecule has 0 aromatic carbocycles. The van der Waals surface area contributed by atoms with Gasteiger partial charge in [-0.1, -0.05) is 26.7 Å². The van der Waals surface area contributed by atoms with Gasteiger partial charge in [0.15, 0.2) is 5.78 Å². The van der Waals surface area contributed by atoms with Crippen LogP contribution < -0.4 is 5.32 Å². The molecule has 0 aliphatic carbocycles. The maximum absolute atomic E-state index is 11.7. The van der Waals surface area contributed by atoms with Gasteiger partial charge < -0.3 is 24.3 Å². The van der Waals surface area contributed by atoms with Crippen LogP contribution in [0.25, 0.3) is 0 Å². The number of hydrogen-bond acceptors (Lipinski definition) is 7. The van der Waals surface area contributed by atoms with Crippen LogP contribution in [-0.2, 0) is 33.3 Å². The number of carbonyl (C=O) groups excluding carboxylic acids is 3. The van der Waals surface area contributed by atoms with Crippen LogP contribution in [0, 0.1) is 5.92 Å². The van der Waals surface area contributed by atoms with Gasteiger partial charge in [-0.3, -0.25) is 14.4 Å². The van der Waals surface area contributed by atoms with E-state index in [0.29, 0.717) is 52.6 Å². The number of hydrogen-bond donors (Lipinski definition) is 1. The lowest BCUT2D eigenvalue weighted by atomic mass is 9.99. The van der Waals surface area contributed by atoms with Gasteiger partial charge in [0.25, 0.3) is 0 Å². The standard InChI is InChI=1S/C22H41NO7/c1-4-11-27-13-16-30-18-22(26)23-10-12-28-14-15-29-17-21(25)9-7-5-6-8-19(2)20(3)24/h19H,4-18H2,1-3H3,(H,23,26)/t19-/m0/s1. The van der Waals surface area contributed by atoms with Crippen molar-refractivity contribution in [2.24, 2.45) is 5.92 Å². The van der Waals surface area contributed by atoms with Crippen LogP contribution >= 0.6 is 0 Å². The van der Waals surface area contributed by atoms with Crippen molar-refractivity contribution >= 4 is 17.5 Å². The third-order valence-corrected chi connectivity index (χ3v) is 4.44. The minimum absolute atomic E-state index is 0.0104. The highest BCUT2D eigenvalue weighted by molar-refractivity contribution is 5.79. The average molecular weight is 432 g/mol. The molecule has 1 amide bonds. The van der Waals surface area contributed by atoms with Crippen LogP contribution in [0.5, 0.6) is 0 Å². The maximum atomic E-state index is 11.7. The summed E-state index contributed by atoms with van der Waals surface area (Å²) in [5, 5.41) is 2.70. The summed E-state index contributed by atoms with van der Waals surface area (Å²) in [6.45, 7) is 8.79. The van der Waals surface area contributed by atoms with Crippen molar-refractivity contribution in [2.45, 2.75) is 59.3 Å². The topological polar surface area (TPSA) is 100 Å². The van der Waals surface area contributed by atoms with E-state index in [1.807, 2.05) is 13.8 Å². The van der Waals surface area contributed by atoms with Gasteiger partial charge in [-0.2, -0.15) is 0 Å². The summed E-state index contributed by atoms with van der Waals surface area (Å²) in [7, 11) is 0. The predicted molar refractivity (Wildman–Crippen MR) is 115 cm³/mol. The zero-order valence-corrected chi connectivity index (χ0v) is 19.0. The molecule has 176 valence electrons. The second-order valence-corrected chi connectivity index (χ2v) is 7.33. The van der Waals surface area contributed by atoms with E-state index in [0.717, 1.165) is 32.1 Å². The molecule has 0 aliphatic rings. The first-order chi connectivity index (χ1) is 14.5. The summed E-state index contributed by atoms with van der Waals surface area (Å²) < 4.78 is 21.1. The Morgan fingerprint density at radius 3 is 2.10 bits per heavy atom. The van der Waals surface area contributed by atoms with Crippen LogP contribution in [0.2, 0.25) is 0 Å². The molecule has 0 aromatic heterocycles. The molecule has 0 rings (SSSR count). The molecule has 1 atom stereocenters. The summed E-state index contributed by atoms with van der Waals surface area (Å²) in [5.74, 6) is 0.233. The zero-order valence-electron chi connectivity index (χ0n) is 19.0. The first-order valence-corrected chi connectivity index (χ1v) is 11.1. The Balaban J connectivity index is 3.33. The lowest BCUT2D eigenvalue weighted by Gasteiger charge is -2.08. The predicted octanol–water partition coefficient (Wildman–Crippen LogP) is 2.32. The number of ether oxygens (including phenoxy) is 4. The fourth-order valence-corrected chi connectivity index (χ4v) is 2.47. The smallest absolute Gasteiger partial charge is 0.246 e. The summed E-state index contributed by atoms with van der Waals surface area (Å²) in [6, 6.07) is 0. The minimum atomic E-state index is -0.188. The van der Waals surface area contributed by atoms with Crippen LogP contribution in [-0.4, -0.2) is 76.9 Å². The van der Waals surface area contributed by atoms with Gasteiger partial charge >= 0.3 is 0 Å². The van der Waals surface area contributed by atoms with Crippen molar-refractivity contribution in [1.29, 1.82) is 0 Å². The fraction of sp³-hybridized carbons (Fsp3) is 0.864. The van der Waals surface area contributed by atoms with Gasteiger partial charge in [-0.25, -0.2) is 0 Å². The molecule has 8 nitrogen and oxygen atoms in total. The molecule has 0 saturated carbocycles. The molecular weight excluding hydrogens is 390 g/mol. The Hall–Kier alpha value is -1.35. The zero-order chi connectivity index (χ0) is 22.5. The van der Waals surface area contributed by atoms with E-state index in [-0.39, 0.29) is 36.6 Å². The molecule has 8 heteroatoms. The third kappa shape index (κ3) is 19.9. The SMILES string of the molecule is CCCOCCOCC(=O)NCCOCCOCC(=O)CCCCC[C@H](C)C(C)=O. The highest BCUT2D eigenvalue weighted by Gasteiger charge is 2.07. The van der Waals surface area contributed by atoms with Gasteiger partial charge in [0.1, 0.15) is 19.0 Å². The Morgan fingerprint density at radius 1 is 0.800 bits per heavy atom. The minimum Gasteiger partial charge on any atom is -0.379 e. The van der Waals surface area contributed by atoms with Gasteiger partial charge in [-0.15, -0.1) is 0 Å². The molecule has 0 bridgehead atoms. The van der Waals surface area contributed by atoms with Crippen molar-refractivity contribution in [3.8, 4) is 0 Å². The number of rotatable bonds is 22. The molecule has 1 N–H and O–H groups in total. The van der Waals surface area contributed by atoms with E-state index in [1.165, 1.54) is 0 Å². The molecule has 0 saturated heterocycles. The van der Waals surface area contributed by atoms with Crippen LogP contribution in [0.1, 0.15) is 59.3 Å². The second-order valence-electron chi connectivity index (χ2n) is 7.33. The molecule has 0 aliphatic heterocycles. The number of ketones is 2. The molecule has 0 heterocycles. The van der Waals surface area contributed by atoms with E-state index >= 15 is 0 Å². The van der Waals surface area contributed by atoms with E-state index in [9.17, 15) is 14.4 Å². The molecular formula is C22H41NO7. The maximum Gasteiger partial charge on any atom is 0.246 e. The molecule has 0 spiro atoms. The summed E-state index contributed by atoms with van der Waals surface area (Å²) in [6.07, 6.45) is 5.12. The largest absolute Gasteiger partial charge is 0.379 e. The Kier molecular flexibility index (Phi) is 20.0. The second kappa shape index (κ2) is 20.9. The quantitative estimate of drug-likeness (QED) is 0.263. The summed E-state index contributed by atoms with van der Waals surface area (Å²) >= 11 is 0. The van der Waals surface area contributed by atoms with Crippen LogP contribution in [0.15, 0.2) is 0 Å². The van der Waals surface area contributed by atoms with Crippen molar-refractivity contribution in [3.63, 3.8) is 0 Å². The first-order valence-electron chi connectivity index (χ1n) is 11.1. The van der Waals surface area contributed by atoms with Gasteiger partial charge in [-0.05, 0) is 26.2 Å². The number of unbranched alkanes of at least 4 members (excludes halogenated alkanes) is 2. The monoisotopic (exact) mass is 431 g/mol. The van der Waals surface area contributed by atoms with Crippen molar-refractivity contribution in [3.05, 3.63) is 0 Å².